The number of piperazine rings is 1. The Morgan fingerprint density at radius 1 is 0.926 bits per heavy atom. The number of ether oxygens (including phenoxy) is 1. The maximum atomic E-state index is 13.1. The monoisotopic (exact) mass is 362 g/mol. The molecule has 0 saturated carbocycles. The first-order chi connectivity index (χ1) is 13.2. The van der Waals surface area contributed by atoms with Gasteiger partial charge in [-0.2, -0.15) is 0 Å². The van der Waals surface area contributed by atoms with Crippen molar-refractivity contribution in [1.29, 1.82) is 0 Å². The molecule has 27 heavy (non-hydrogen) atoms. The molecular weight excluding hydrogens is 340 g/mol. The van der Waals surface area contributed by atoms with Gasteiger partial charge in [-0.1, -0.05) is 24.3 Å². The Morgan fingerprint density at radius 3 is 2.19 bits per heavy atom. The first-order valence-electron chi connectivity index (χ1n) is 9.06. The van der Waals surface area contributed by atoms with Crippen molar-refractivity contribution in [3.63, 3.8) is 0 Å². The van der Waals surface area contributed by atoms with Crippen LogP contribution in [0.4, 0.5) is 5.69 Å². The van der Waals surface area contributed by atoms with Gasteiger partial charge in [-0.3, -0.25) is 4.79 Å². The summed E-state index contributed by atoms with van der Waals surface area (Å²) < 4.78 is 5.49. The number of phenols is 1. The summed E-state index contributed by atoms with van der Waals surface area (Å²) in [5.41, 5.74) is 1.66. The van der Waals surface area contributed by atoms with Crippen LogP contribution in [0.3, 0.4) is 0 Å². The molecule has 1 N–H and O–H groups in total. The zero-order chi connectivity index (χ0) is 18.8. The van der Waals surface area contributed by atoms with Crippen molar-refractivity contribution in [2.24, 2.45) is 0 Å². The third-order valence-electron chi connectivity index (χ3n) is 5.08. The van der Waals surface area contributed by atoms with E-state index in [0.29, 0.717) is 24.4 Å². The summed E-state index contributed by atoms with van der Waals surface area (Å²) in [4.78, 5) is 17.2. The van der Waals surface area contributed by atoms with E-state index in [4.69, 9.17) is 4.74 Å². The van der Waals surface area contributed by atoms with Gasteiger partial charge in [-0.05, 0) is 47.2 Å². The Balaban J connectivity index is 1.52. The van der Waals surface area contributed by atoms with Gasteiger partial charge in [0.25, 0.3) is 5.91 Å². The molecule has 1 heterocycles. The standard InChI is InChI=1S/C22H22N2O3/c1-27-21-15-17-5-3-2-4-16(17)14-20(21)22(26)24-12-10-23(11-13-24)18-6-8-19(25)9-7-18/h2-9,14-15,25H,10-13H2,1H3. The highest BCUT2D eigenvalue weighted by Gasteiger charge is 2.24. The molecule has 3 aromatic carbocycles. The number of aromatic hydroxyl groups is 1. The molecule has 0 radical (unpaired) electrons. The van der Waals surface area contributed by atoms with E-state index >= 15 is 0 Å². The van der Waals surface area contributed by atoms with Gasteiger partial charge in [0.2, 0.25) is 0 Å². The van der Waals surface area contributed by atoms with Crippen molar-refractivity contribution in [2.45, 2.75) is 0 Å². The van der Waals surface area contributed by atoms with Gasteiger partial charge in [0.1, 0.15) is 11.5 Å². The minimum atomic E-state index is 0.00274. The first kappa shape index (κ1) is 17.2. The molecule has 3 aromatic rings. The lowest BCUT2D eigenvalue weighted by molar-refractivity contribution is 0.0743. The predicted molar refractivity (Wildman–Crippen MR) is 107 cm³/mol. The van der Waals surface area contributed by atoms with Crippen LogP contribution in [0, 0.1) is 0 Å². The number of carbonyl (C=O) groups is 1. The number of benzene rings is 3. The second kappa shape index (κ2) is 7.19. The van der Waals surface area contributed by atoms with Crippen molar-refractivity contribution in [3.8, 4) is 11.5 Å². The van der Waals surface area contributed by atoms with E-state index < -0.39 is 0 Å². The van der Waals surface area contributed by atoms with Gasteiger partial charge in [-0.25, -0.2) is 0 Å². The van der Waals surface area contributed by atoms with Gasteiger partial charge in [0.05, 0.1) is 12.7 Å². The van der Waals surface area contributed by atoms with Gasteiger partial charge < -0.3 is 19.6 Å². The quantitative estimate of drug-likeness (QED) is 0.775. The lowest BCUT2D eigenvalue weighted by atomic mass is 10.0. The number of anilines is 1. The van der Waals surface area contributed by atoms with Crippen LogP contribution in [-0.4, -0.2) is 49.2 Å². The van der Waals surface area contributed by atoms with Crippen LogP contribution in [-0.2, 0) is 0 Å². The van der Waals surface area contributed by atoms with Crippen LogP contribution >= 0.6 is 0 Å². The highest BCUT2D eigenvalue weighted by atomic mass is 16.5. The number of hydrogen-bond donors (Lipinski definition) is 1. The molecule has 4 rings (SSSR count). The Bertz CT molecular complexity index is 961. The first-order valence-corrected chi connectivity index (χ1v) is 9.06. The molecule has 1 aliphatic heterocycles. The topological polar surface area (TPSA) is 53.0 Å². The molecule has 5 nitrogen and oxygen atoms in total. The van der Waals surface area contributed by atoms with E-state index in [-0.39, 0.29) is 11.7 Å². The van der Waals surface area contributed by atoms with Crippen molar-refractivity contribution >= 4 is 22.4 Å². The van der Waals surface area contributed by atoms with E-state index in [1.165, 1.54) is 0 Å². The van der Waals surface area contributed by atoms with Crippen LogP contribution in [0.2, 0.25) is 0 Å². The number of hydrogen-bond acceptors (Lipinski definition) is 4. The van der Waals surface area contributed by atoms with Crippen LogP contribution in [0.25, 0.3) is 10.8 Å². The number of phenolic OH excluding ortho intramolecular Hbond substituents is 1. The zero-order valence-electron chi connectivity index (χ0n) is 15.3. The fourth-order valence-corrected chi connectivity index (χ4v) is 3.56. The third kappa shape index (κ3) is 3.40. The normalized spacial score (nSPS) is 14.4. The third-order valence-corrected chi connectivity index (χ3v) is 5.08. The lowest BCUT2D eigenvalue weighted by Crippen LogP contribution is -2.48. The van der Waals surface area contributed by atoms with Crippen LogP contribution in [0.1, 0.15) is 10.4 Å². The molecule has 0 bridgehead atoms. The fraction of sp³-hybridized carbons (Fsp3) is 0.227. The smallest absolute Gasteiger partial charge is 0.257 e. The highest BCUT2D eigenvalue weighted by Crippen LogP contribution is 2.28. The molecule has 0 atom stereocenters. The largest absolute Gasteiger partial charge is 0.508 e. The summed E-state index contributed by atoms with van der Waals surface area (Å²) in [6.07, 6.45) is 0. The van der Waals surface area contributed by atoms with E-state index in [1.54, 1.807) is 19.2 Å². The Labute approximate surface area is 158 Å². The van der Waals surface area contributed by atoms with Crippen molar-refractivity contribution < 1.29 is 14.6 Å². The van der Waals surface area contributed by atoms with Gasteiger partial charge in [0.15, 0.2) is 0 Å². The molecular formula is C22H22N2O3. The number of amides is 1. The summed E-state index contributed by atoms with van der Waals surface area (Å²) in [6, 6.07) is 19.0. The zero-order valence-corrected chi connectivity index (χ0v) is 15.3. The predicted octanol–water partition coefficient (Wildman–Crippen LogP) is 3.52. The average molecular weight is 362 g/mol. The van der Waals surface area contributed by atoms with E-state index in [9.17, 15) is 9.90 Å². The minimum absolute atomic E-state index is 0.00274. The molecule has 0 unspecified atom stereocenters. The molecule has 0 aromatic heterocycles. The summed E-state index contributed by atoms with van der Waals surface area (Å²) in [7, 11) is 1.60. The fourth-order valence-electron chi connectivity index (χ4n) is 3.56. The summed E-state index contributed by atoms with van der Waals surface area (Å²) in [5, 5.41) is 11.5. The van der Waals surface area contributed by atoms with Crippen molar-refractivity contribution in [3.05, 3.63) is 66.2 Å². The van der Waals surface area contributed by atoms with E-state index in [1.807, 2.05) is 53.4 Å². The number of nitrogens with zero attached hydrogens (tertiary/aromatic N) is 2. The summed E-state index contributed by atoms with van der Waals surface area (Å²) >= 11 is 0. The van der Waals surface area contributed by atoms with Gasteiger partial charge in [0, 0.05) is 31.9 Å². The maximum Gasteiger partial charge on any atom is 0.257 e. The van der Waals surface area contributed by atoms with Crippen molar-refractivity contribution in [1.82, 2.24) is 4.90 Å². The van der Waals surface area contributed by atoms with Gasteiger partial charge in [-0.15, -0.1) is 0 Å². The Hall–Kier alpha value is -3.21. The Kier molecular flexibility index (Phi) is 4.59. The molecule has 1 amide bonds. The van der Waals surface area contributed by atoms with Crippen LogP contribution in [0.15, 0.2) is 60.7 Å². The average Bonchev–Trinajstić information content (AvgIpc) is 2.73. The SMILES string of the molecule is COc1cc2ccccc2cc1C(=O)N1CCN(c2ccc(O)cc2)CC1. The van der Waals surface area contributed by atoms with Crippen LogP contribution in [0.5, 0.6) is 11.5 Å². The van der Waals surface area contributed by atoms with Crippen LogP contribution < -0.4 is 9.64 Å². The van der Waals surface area contributed by atoms with E-state index in [2.05, 4.69) is 4.90 Å². The molecule has 1 aliphatic rings. The summed E-state index contributed by atoms with van der Waals surface area (Å²) in [5.74, 6) is 0.874. The Morgan fingerprint density at radius 2 is 1.56 bits per heavy atom. The number of methoxy groups -OCH3 is 1. The number of carbonyl (C=O) groups excluding carboxylic acids is 1. The second-order valence-corrected chi connectivity index (χ2v) is 6.70. The highest BCUT2D eigenvalue weighted by molar-refractivity contribution is 6.01. The number of fused-ring (bicyclic) bond motifs is 1. The molecule has 0 aliphatic carbocycles. The molecule has 138 valence electrons. The maximum absolute atomic E-state index is 13.1. The number of rotatable bonds is 3. The molecule has 1 saturated heterocycles. The molecule has 5 heteroatoms. The minimum Gasteiger partial charge on any atom is -0.508 e. The second-order valence-electron chi connectivity index (χ2n) is 6.70. The van der Waals surface area contributed by atoms with Crippen molar-refractivity contribution in [2.75, 3.05) is 38.2 Å². The molecule has 0 spiro atoms. The molecule has 1 fully saturated rings. The summed E-state index contributed by atoms with van der Waals surface area (Å²) in [6.45, 7) is 2.81. The lowest BCUT2D eigenvalue weighted by Gasteiger charge is -2.36. The van der Waals surface area contributed by atoms with E-state index in [0.717, 1.165) is 29.5 Å². The van der Waals surface area contributed by atoms with Gasteiger partial charge >= 0.3 is 0 Å².